The first-order chi connectivity index (χ1) is 10.6. The maximum absolute atomic E-state index is 6.47. The molecule has 1 aromatic heterocycles. The molecule has 0 bridgehead atoms. The van der Waals surface area contributed by atoms with E-state index in [1.54, 1.807) is 0 Å². The van der Waals surface area contributed by atoms with Crippen LogP contribution in [0, 0.1) is 0 Å². The van der Waals surface area contributed by atoms with Crippen LogP contribution in [-0.2, 0) is 0 Å². The van der Waals surface area contributed by atoms with E-state index in [1.807, 2.05) is 30.3 Å². The number of hydrogen-bond acceptors (Lipinski definition) is 0. The normalized spacial score (nSPS) is 12.2. The summed E-state index contributed by atoms with van der Waals surface area (Å²) in [5, 5.41) is 4.53. The smallest absolute Gasteiger partial charge is 0.0843 e. The van der Waals surface area contributed by atoms with Crippen molar-refractivity contribution in [2.45, 2.75) is 0 Å². The molecule has 0 fully saturated rings. The van der Waals surface area contributed by atoms with Crippen LogP contribution >= 0.6 is 45.3 Å². The molecule has 0 aliphatic heterocycles. The molecule has 0 radical (unpaired) electrons. The van der Waals surface area contributed by atoms with E-state index in [-0.39, 0.29) is 10.5 Å². The van der Waals surface area contributed by atoms with Gasteiger partial charge in [0.1, 0.15) is 5.02 Å². The topological polar surface area (TPSA) is 0 Å². The number of hydrogen-bond donors (Lipinski definition) is 0. The van der Waals surface area contributed by atoms with Crippen molar-refractivity contribution >= 4 is 65.4 Å². The van der Waals surface area contributed by atoms with Crippen molar-refractivity contribution in [1.82, 2.24) is 0 Å². The van der Waals surface area contributed by atoms with E-state index in [0.29, 0.717) is 10.0 Å². The molecule has 1 atom stereocenters. The first-order valence-electron chi connectivity index (χ1n) is 6.73. The second-order valence-corrected chi connectivity index (χ2v) is 8.23. The molecule has 4 heteroatoms. The Morgan fingerprint density at radius 2 is 1.32 bits per heavy atom. The number of halogens is 3. The fourth-order valence-electron chi connectivity index (χ4n) is 2.75. The third-order valence-corrected chi connectivity index (χ3v) is 6.95. The summed E-state index contributed by atoms with van der Waals surface area (Å²) in [4.78, 5) is 1.10. The summed E-state index contributed by atoms with van der Waals surface area (Å²) < 4.78 is 2.54. The zero-order chi connectivity index (χ0) is 15.3. The van der Waals surface area contributed by atoms with Gasteiger partial charge in [-0.1, -0.05) is 46.9 Å². The van der Waals surface area contributed by atoms with Crippen molar-refractivity contribution in [2.24, 2.45) is 0 Å². The quantitative estimate of drug-likeness (QED) is 0.304. The van der Waals surface area contributed by atoms with Crippen LogP contribution in [0.3, 0.4) is 0 Å². The molecule has 0 nitrogen and oxygen atoms in total. The maximum atomic E-state index is 6.47. The zero-order valence-corrected chi connectivity index (χ0v) is 14.4. The number of thiophene rings is 1. The molecule has 4 aromatic rings. The molecule has 1 heterocycles. The summed E-state index contributed by atoms with van der Waals surface area (Å²) in [6.07, 6.45) is 0. The average molecular weight is 365 g/mol. The molecule has 0 amide bonds. The van der Waals surface area contributed by atoms with E-state index in [1.165, 1.54) is 20.2 Å². The van der Waals surface area contributed by atoms with Crippen molar-refractivity contribution in [3.63, 3.8) is 0 Å². The highest BCUT2D eigenvalue weighted by Gasteiger charge is 2.25. The van der Waals surface area contributed by atoms with Crippen LogP contribution in [-0.4, -0.2) is 0 Å². The van der Waals surface area contributed by atoms with Gasteiger partial charge in [0.25, 0.3) is 0 Å². The Morgan fingerprint density at radius 1 is 0.636 bits per heavy atom. The number of benzene rings is 3. The fraction of sp³-hybridized carbons (Fsp3) is 0. The van der Waals surface area contributed by atoms with Crippen molar-refractivity contribution in [1.29, 1.82) is 0 Å². The molecule has 0 aliphatic rings. The molecule has 108 valence electrons. The van der Waals surface area contributed by atoms with Gasteiger partial charge in [0, 0.05) is 43.4 Å². The Morgan fingerprint density at radius 3 is 2.14 bits per heavy atom. The van der Waals surface area contributed by atoms with Crippen LogP contribution in [0.1, 0.15) is 0 Å². The molecule has 0 N–H and O–H groups in total. The van der Waals surface area contributed by atoms with Gasteiger partial charge >= 0.3 is 0 Å². The van der Waals surface area contributed by atoms with Gasteiger partial charge in [-0.2, -0.15) is 0 Å². The van der Waals surface area contributed by atoms with Crippen LogP contribution in [0.2, 0.25) is 15.1 Å². The minimum absolute atomic E-state index is 0.218. The van der Waals surface area contributed by atoms with Crippen molar-refractivity contribution in [3.05, 3.63) is 75.7 Å². The summed E-state index contributed by atoms with van der Waals surface area (Å²) in [5.74, 6) is 0. The van der Waals surface area contributed by atoms with Crippen molar-refractivity contribution in [2.75, 3.05) is 0 Å². The Bertz CT molecular complexity index is 1020. The monoisotopic (exact) mass is 363 g/mol. The standard InChI is InChI=1S/C18H10Cl3S/c19-11-5-7-17-14(9-11)13-3-1-2-4-16(13)22(17)18-8-6-12(20)10-15(18)21/h1-10H/q+1. The number of rotatable bonds is 1. The van der Waals surface area contributed by atoms with Crippen LogP contribution in [0.15, 0.2) is 60.7 Å². The minimum atomic E-state index is -0.218. The van der Waals surface area contributed by atoms with Gasteiger partial charge < -0.3 is 0 Å². The molecule has 4 rings (SSSR count). The largest absolute Gasteiger partial charge is 0.198 e. The minimum Gasteiger partial charge on any atom is -0.0843 e. The molecule has 0 saturated carbocycles. The van der Waals surface area contributed by atoms with Crippen LogP contribution < -0.4 is 0 Å². The van der Waals surface area contributed by atoms with E-state index in [0.717, 1.165) is 9.92 Å². The molecular formula is C18H10Cl3S+. The zero-order valence-electron chi connectivity index (χ0n) is 11.3. The lowest BCUT2D eigenvalue weighted by Gasteiger charge is -1.97. The summed E-state index contributed by atoms with van der Waals surface area (Å²) in [7, 11) is -0.218. The van der Waals surface area contributed by atoms with Gasteiger partial charge in [-0.15, -0.1) is 0 Å². The predicted octanol–water partition coefficient (Wildman–Crippen LogP) is 7.69. The van der Waals surface area contributed by atoms with E-state index in [4.69, 9.17) is 34.8 Å². The van der Waals surface area contributed by atoms with Gasteiger partial charge in [0.15, 0.2) is 14.3 Å². The molecular weight excluding hydrogens is 355 g/mol. The van der Waals surface area contributed by atoms with Crippen molar-refractivity contribution < 1.29 is 0 Å². The van der Waals surface area contributed by atoms with Gasteiger partial charge in [-0.3, -0.25) is 0 Å². The van der Waals surface area contributed by atoms with E-state index in [2.05, 4.69) is 30.3 Å². The maximum Gasteiger partial charge on any atom is 0.198 e. The van der Waals surface area contributed by atoms with Gasteiger partial charge in [0.2, 0.25) is 0 Å². The third-order valence-electron chi connectivity index (χ3n) is 3.67. The first-order valence-corrected chi connectivity index (χ1v) is 9.09. The lowest BCUT2D eigenvalue weighted by molar-refractivity contribution is 1.75. The Labute approximate surface area is 145 Å². The number of fused-ring (bicyclic) bond motifs is 3. The Balaban J connectivity index is 2.19. The van der Waals surface area contributed by atoms with Crippen molar-refractivity contribution in [3.8, 4) is 4.90 Å². The molecule has 3 aromatic carbocycles. The Hall–Kier alpha value is -1.25. The summed E-state index contributed by atoms with van der Waals surface area (Å²) in [6.45, 7) is 0. The fourth-order valence-corrected chi connectivity index (χ4v) is 5.94. The first kappa shape index (κ1) is 14.3. The second kappa shape index (κ2) is 5.43. The Kier molecular flexibility index (Phi) is 3.54. The third kappa shape index (κ3) is 2.21. The SMILES string of the molecule is Clc1ccc(-[s+]2c3ccccc3c3cc(Cl)ccc32)c(Cl)c1. The molecule has 0 saturated heterocycles. The predicted molar refractivity (Wildman–Crippen MR) is 100 cm³/mol. The average Bonchev–Trinajstić information content (AvgIpc) is 2.82. The molecule has 0 aliphatic carbocycles. The summed E-state index contributed by atoms with van der Waals surface area (Å²) in [5.41, 5.74) is 0. The van der Waals surface area contributed by atoms with Gasteiger partial charge in [-0.25, -0.2) is 0 Å². The second-order valence-electron chi connectivity index (χ2n) is 5.02. The lowest BCUT2D eigenvalue weighted by atomic mass is 10.2. The highest BCUT2D eigenvalue weighted by Crippen LogP contribution is 2.51. The molecule has 1 unspecified atom stereocenters. The van der Waals surface area contributed by atoms with E-state index in [9.17, 15) is 0 Å². The van der Waals surface area contributed by atoms with Crippen LogP contribution in [0.5, 0.6) is 0 Å². The van der Waals surface area contributed by atoms with Gasteiger partial charge in [0.05, 0.1) is 0 Å². The highest BCUT2D eigenvalue weighted by molar-refractivity contribution is 7.50. The van der Waals surface area contributed by atoms with E-state index < -0.39 is 0 Å². The lowest BCUT2D eigenvalue weighted by Crippen LogP contribution is -1.74. The van der Waals surface area contributed by atoms with Crippen LogP contribution in [0.4, 0.5) is 0 Å². The summed E-state index contributed by atoms with van der Waals surface area (Å²) >= 11 is 18.7. The van der Waals surface area contributed by atoms with Crippen LogP contribution in [0.25, 0.3) is 25.1 Å². The van der Waals surface area contributed by atoms with E-state index >= 15 is 0 Å². The summed E-state index contributed by atoms with van der Waals surface area (Å²) in [6, 6.07) is 20.2. The molecule has 22 heavy (non-hydrogen) atoms. The van der Waals surface area contributed by atoms with Gasteiger partial charge in [-0.05, 0) is 36.4 Å². The molecule has 0 spiro atoms. The highest BCUT2D eigenvalue weighted by atomic mass is 35.5.